The Morgan fingerprint density at radius 2 is 0.921 bits per heavy atom. The molecular formula is C57H37N5O. The van der Waals surface area contributed by atoms with Crippen LogP contribution in [0.3, 0.4) is 0 Å². The van der Waals surface area contributed by atoms with Crippen LogP contribution >= 0.6 is 0 Å². The number of hydrogen-bond acceptors (Lipinski definition) is 5. The molecule has 0 unspecified atom stereocenters. The summed E-state index contributed by atoms with van der Waals surface area (Å²) in [5, 5.41) is 4.33. The standard InChI is InChI=1S/C57H37N5O/c1-5-17-37(18-6-1)41-31-42(38-19-7-2-8-20-38)33-43(32-41)45-34-44(35-52-59-55(39-21-9-3-10-22-39)61-56(60-52)40-23-11-4-12-24-40)57(58-36-45)62-49-27-15-13-26-48(49)53-50(62)30-29-47-46-25-14-16-28-51(46)63-54(47)53/h1-34,36H,35H2. The van der Waals surface area contributed by atoms with Crippen LogP contribution in [-0.4, -0.2) is 24.5 Å². The van der Waals surface area contributed by atoms with Crippen LogP contribution in [0.2, 0.25) is 0 Å². The molecule has 296 valence electrons. The largest absolute Gasteiger partial charge is 0.455 e. The lowest BCUT2D eigenvalue weighted by Gasteiger charge is -2.16. The number of rotatable bonds is 8. The minimum absolute atomic E-state index is 0.392. The second-order valence-corrected chi connectivity index (χ2v) is 15.8. The maximum absolute atomic E-state index is 6.67. The Morgan fingerprint density at radius 1 is 0.397 bits per heavy atom. The van der Waals surface area contributed by atoms with Gasteiger partial charge < -0.3 is 4.42 Å². The van der Waals surface area contributed by atoms with Crippen molar-refractivity contribution in [1.82, 2.24) is 24.5 Å². The van der Waals surface area contributed by atoms with Crippen molar-refractivity contribution in [3.63, 3.8) is 0 Å². The Bertz CT molecular complexity index is 3520. The van der Waals surface area contributed by atoms with E-state index in [9.17, 15) is 0 Å². The fourth-order valence-corrected chi connectivity index (χ4v) is 8.95. The molecule has 0 fully saturated rings. The van der Waals surface area contributed by atoms with Crippen LogP contribution in [0.15, 0.2) is 217 Å². The molecule has 8 aromatic carbocycles. The predicted octanol–water partition coefficient (Wildman–Crippen LogP) is 14.2. The smallest absolute Gasteiger partial charge is 0.163 e. The van der Waals surface area contributed by atoms with Crippen molar-refractivity contribution in [3.8, 4) is 62.0 Å². The SMILES string of the molecule is c1ccc(-c2cc(-c3ccccc3)cc(-c3cnc(-n4c5ccccc5c5c6oc7ccccc7c6ccc54)c(Cc4nc(-c5ccccc5)nc(-c5ccccc5)n4)c3)c2)cc1. The number of para-hydroxylation sites is 2. The Labute approximate surface area is 363 Å². The normalized spacial score (nSPS) is 11.6. The molecule has 0 aliphatic rings. The Morgan fingerprint density at radius 3 is 1.54 bits per heavy atom. The van der Waals surface area contributed by atoms with E-state index in [1.54, 1.807) is 0 Å². The van der Waals surface area contributed by atoms with Gasteiger partial charge in [0.25, 0.3) is 0 Å². The van der Waals surface area contributed by atoms with E-state index < -0.39 is 0 Å². The molecule has 0 N–H and O–H groups in total. The van der Waals surface area contributed by atoms with Crippen LogP contribution in [-0.2, 0) is 6.42 Å². The summed E-state index contributed by atoms with van der Waals surface area (Å²) in [4.78, 5) is 20.8. The van der Waals surface area contributed by atoms with Gasteiger partial charge in [-0.05, 0) is 76.3 Å². The minimum Gasteiger partial charge on any atom is -0.455 e. The van der Waals surface area contributed by atoms with Gasteiger partial charge in [0.15, 0.2) is 11.6 Å². The molecule has 0 saturated heterocycles. The molecule has 0 spiro atoms. The van der Waals surface area contributed by atoms with E-state index in [1.807, 2.05) is 79.0 Å². The molecule has 0 radical (unpaired) electrons. The van der Waals surface area contributed by atoms with Gasteiger partial charge in [-0.2, -0.15) is 0 Å². The summed E-state index contributed by atoms with van der Waals surface area (Å²) in [6.45, 7) is 0. The van der Waals surface area contributed by atoms with Crippen molar-refractivity contribution in [2.24, 2.45) is 0 Å². The molecule has 4 heterocycles. The highest BCUT2D eigenvalue weighted by molar-refractivity contribution is 6.23. The van der Waals surface area contributed by atoms with Crippen molar-refractivity contribution < 1.29 is 4.42 Å². The molecule has 0 aliphatic carbocycles. The van der Waals surface area contributed by atoms with Gasteiger partial charge >= 0.3 is 0 Å². The summed E-state index contributed by atoms with van der Waals surface area (Å²) in [6.07, 6.45) is 2.40. The number of benzene rings is 8. The molecule has 12 rings (SSSR count). The third-order valence-corrected chi connectivity index (χ3v) is 11.9. The highest BCUT2D eigenvalue weighted by atomic mass is 16.3. The first-order chi connectivity index (χ1) is 31.2. The zero-order valence-electron chi connectivity index (χ0n) is 34.1. The Balaban J connectivity index is 1.11. The molecule has 0 amide bonds. The monoisotopic (exact) mass is 807 g/mol. The lowest BCUT2D eigenvalue weighted by atomic mass is 9.93. The third kappa shape index (κ3) is 6.53. The summed E-state index contributed by atoms with van der Waals surface area (Å²) in [7, 11) is 0. The molecule has 63 heavy (non-hydrogen) atoms. The lowest BCUT2D eigenvalue weighted by molar-refractivity contribution is 0.673. The molecule has 4 aromatic heterocycles. The van der Waals surface area contributed by atoms with E-state index in [1.165, 1.54) is 0 Å². The maximum Gasteiger partial charge on any atom is 0.163 e. The number of nitrogens with zero attached hydrogens (tertiary/aromatic N) is 5. The van der Waals surface area contributed by atoms with Crippen molar-refractivity contribution >= 4 is 43.7 Å². The molecule has 6 heteroatoms. The maximum atomic E-state index is 6.67. The fourth-order valence-electron chi connectivity index (χ4n) is 8.95. The van der Waals surface area contributed by atoms with Crippen molar-refractivity contribution in [1.29, 1.82) is 0 Å². The predicted molar refractivity (Wildman–Crippen MR) is 256 cm³/mol. The number of pyridine rings is 1. The fraction of sp³-hybridized carbons (Fsp3) is 0.0175. The van der Waals surface area contributed by atoms with Gasteiger partial charge in [-0.25, -0.2) is 19.9 Å². The highest BCUT2D eigenvalue weighted by Crippen LogP contribution is 2.42. The number of fused-ring (bicyclic) bond motifs is 7. The van der Waals surface area contributed by atoms with E-state index >= 15 is 0 Å². The van der Waals surface area contributed by atoms with E-state index in [0.717, 1.165) is 99.6 Å². The van der Waals surface area contributed by atoms with Crippen LogP contribution in [0.1, 0.15) is 11.4 Å². The number of aromatic nitrogens is 5. The average molecular weight is 808 g/mol. The summed E-state index contributed by atoms with van der Waals surface area (Å²) in [5.74, 6) is 2.69. The first kappa shape index (κ1) is 36.4. The van der Waals surface area contributed by atoms with E-state index in [-0.39, 0.29) is 0 Å². The van der Waals surface area contributed by atoms with Gasteiger partial charge in [-0.3, -0.25) is 4.57 Å². The van der Waals surface area contributed by atoms with E-state index in [0.29, 0.717) is 23.9 Å². The lowest BCUT2D eigenvalue weighted by Crippen LogP contribution is -2.08. The van der Waals surface area contributed by atoms with Gasteiger partial charge in [0, 0.05) is 51.0 Å². The summed E-state index contributed by atoms with van der Waals surface area (Å²) >= 11 is 0. The molecule has 12 aromatic rings. The quantitative estimate of drug-likeness (QED) is 0.153. The van der Waals surface area contributed by atoms with Gasteiger partial charge in [-0.1, -0.05) is 158 Å². The van der Waals surface area contributed by atoms with Gasteiger partial charge in [0.1, 0.15) is 22.8 Å². The minimum atomic E-state index is 0.392. The summed E-state index contributed by atoms with van der Waals surface area (Å²) < 4.78 is 8.95. The van der Waals surface area contributed by atoms with E-state index in [2.05, 4.69) is 138 Å². The van der Waals surface area contributed by atoms with Crippen LogP contribution in [0.5, 0.6) is 0 Å². The molecule has 6 nitrogen and oxygen atoms in total. The first-order valence-corrected chi connectivity index (χ1v) is 21.2. The Hall–Kier alpha value is -8.48. The van der Waals surface area contributed by atoms with Crippen molar-refractivity contribution in [2.75, 3.05) is 0 Å². The van der Waals surface area contributed by atoms with Crippen molar-refractivity contribution in [3.05, 3.63) is 224 Å². The second-order valence-electron chi connectivity index (χ2n) is 15.8. The molecule has 0 atom stereocenters. The molecule has 0 saturated carbocycles. The zero-order chi connectivity index (χ0) is 41.7. The second kappa shape index (κ2) is 15.2. The molecule has 0 aliphatic heterocycles. The average Bonchev–Trinajstić information content (AvgIpc) is 3.91. The summed E-state index contributed by atoms with van der Waals surface area (Å²) in [5.41, 5.74) is 13.2. The third-order valence-electron chi connectivity index (χ3n) is 11.9. The number of hydrogen-bond donors (Lipinski definition) is 0. The van der Waals surface area contributed by atoms with Crippen LogP contribution in [0, 0.1) is 0 Å². The van der Waals surface area contributed by atoms with Crippen LogP contribution < -0.4 is 0 Å². The van der Waals surface area contributed by atoms with Crippen LogP contribution in [0.4, 0.5) is 0 Å². The van der Waals surface area contributed by atoms with Gasteiger partial charge in [0.2, 0.25) is 0 Å². The van der Waals surface area contributed by atoms with Crippen molar-refractivity contribution in [2.45, 2.75) is 6.42 Å². The zero-order valence-corrected chi connectivity index (χ0v) is 34.1. The van der Waals surface area contributed by atoms with Gasteiger partial charge in [-0.15, -0.1) is 0 Å². The number of furan rings is 1. The highest BCUT2D eigenvalue weighted by Gasteiger charge is 2.22. The van der Waals surface area contributed by atoms with Gasteiger partial charge in [0.05, 0.1) is 16.4 Å². The Kier molecular flexibility index (Phi) is 8.78. The first-order valence-electron chi connectivity index (χ1n) is 21.2. The molecular weight excluding hydrogens is 771 g/mol. The summed E-state index contributed by atoms with van der Waals surface area (Å²) in [6, 6.07) is 71.6. The topological polar surface area (TPSA) is 69.6 Å². The van der Waals surface area contributed by atoms with Crippen LogP contribution in [0.25, 0.3) is 106 Å². The van der Waals surface area contributed by atoms with E-state index in [4.69, 9.17) is 24.4 Å². The molecule has 0 bridgehead atoms.